The second-order valence-corrected chi connectivity index (χ2v) is 13.1. The van der Waals surface area contributed by atoms with E-state index in [2.05, 4.69) is 75.4 Å². The zero-order valence-corrected chi connectivity index (χ0v) is 27.1. The van der Waals surface area contributed by atoms with Gasteiger partial charge in [-0.15, -0.1) is 0 Å². The summed E-state index contributed by atoms with van der Waals surface area (Å²) in [6, 6.07) is 29.1. The number of fused-ring (bicyclic) bond motifs is 4. The summed E-state index contributed by atoms with van der Waals surface area (Å²) in [5, 5.41) is 13.2. The van der Waals surface area contributed by atoms with Crippen molar-refractivity contribution in [2.75, 3.05) is 6.61 Å². The van der Waals surface area contributed by atoms with E-state index in [1.807, 2.05) is 24.3 Å². The number of benzene rings is 4. The molecule has 0 aliphatic heterocycles. The van der Waals surface area contributed by atoms with Crippen LogP contribution in [0, 0.1) is 0 Å². The van der Waals surface area contributed by atoms with E-state index in [-0.39, 0.29) is 11.2 Å². The third-order valence-corrected chi connectivity index (χ3v) is 9.43. The summed E-state index contributed by atoms with van der Waals surface area (Å²) in [7, 11) is 0. The zero-order valence-electron chi connectivity index (χ0n) is 27.1. The van der Waals surface area contributed by atoms with E-state index < -0.39 is 0 Å². The molecule has 0 atom stereocenters. The molecule has 4 heteroatoms. The molecule has 0 amide bonds. The number of aromatic nitrogens is 2. The van der Waals surface area contributed by atoms with E-state index in [1.54, 1.807) is 6.07 Å². The number of rotatable bonds is 14. The maximum absolute atomic E-state index is 10.7. The van der Waals surface area contributed by atoms with E-state index in [0.29, 0.717) is 23.9 Å². The Morgan fingerprint density at radius 3 is 2.00 bits per heavy atom. The van der Waals surface area contributed by atoms with Crippen LogP contribution in [-0.2, 0) is 5.41 Å². The van der Waals surface area contributed by atoms with Gasteiger partial charge in [0.1, 0.15) is 5.75 Å². The summed E-state index contributed by atoms with van der Waals surface area (Å²) in [5.41, 5.74) is 7.50. The van der Waals surface area contributed by atoms with Crippen LogP contribution < -0.4 is 4.74 Å². The lowest BCUT2D eigenvalue weighted by atomic mass is 9.81. The lowest BCUT2D eigenvalue weighted by molar-refractivity contribution is 0.293. The van der Waals surface area contributed by atoms with Gasteiger partial charge < -0.3 is 9.84 Å². The van der Waals surface area contributed by atoms with Crippen molar-refractivity contribution in [3.05, 3.63) is 96.1 Å². The number of ether oxygens (including phenoxy) is 1. The first kappa shape index (κ1) is 30.8. The molecule has 0 saturated heterocycles. The Hall–Kier alpha value is -4.18. The number of nitrogens with zero attached hydrogens (tertiary/aromatic N) is 2. The van der Waals surface area contributed by atoms with Gasteiger partial charge in [-0.3, -0.25) is 0 Å². The molecule has 0 saturated carbocycles. The fraction of sp³-hybridized carbons (Fsp3) is 0.366. The molecule has 4 nitrogen and oxygen atoms in total. The predicted molar refractivity (Wildman–Crippen MR) is 187 cm³/mol. The lowest BCUT2D eigenvalue weighted by Gasteiger charge is -2.22. The van der Waals surface area contributed by atoms with Gasteiger partial charge in [0, 0.05) is 17.0 Å². The number of hydrogen-bond donors (Lipinski definition) is 1. The molecule has 1 aliphatic carbocycles. The molecule has 0 radical (unpaired) electrons. The SMILES string of the molecule is CCCCCCCCCCCCOc1cc(-c2ccc3c(c2)-c2cc4ccccc4cc2C3(C)C)nc(-c2ccccc2O)n1. The highest BCUT2D eigenvalue weighted by atomic mass is 16.5. The van der Waals surface area contributed by atoms with Crippen LogP contribution in [-0.4, -0.2) is 21.7 Å². The third-order valence-electron chi connectivity index (χ3n) is 9.43. The highest BCUT2D eigenvalue weighted by Crippen LogP contribution is 2.50. The molecule has 1 heterocycles. The fourth-order valence-corrected chi connectivity index (χ4v) is 6.79. The maximum atomic E-state index is 10.7. The van der Waals surface area contributed by atoms with Crippen LogP contribution in [0.4, 0.5) is 0 Å². The number of phenolic OH excluding ortho intramolecular Hbond substituents is 1. The van der Waals surface area contributed by atoms with Gasteiger partial charge in [-0.05, 0) is 69.8 Å². The van der Waals surface area contributed by atoms with Crippen molar-refractivity contribution in [2.24, 2.45) is 0 Å². The normalized spacial score (nSPS) is 13.1. The minimum Gasteiger partial charge on any atom is -0.507 e. The standard InChI is InChI=1S/C41H46N2O2/c1-4-5-6-7-8-9-10-11-12-17-24-45-39-28-37(42-40(43-39)32-20-15-16-21-38(32)44)31-22-23-35-33(26-31)34-25-29-18-13-14-19-30(29)27-36(34)41(35,2)3/h13-16,18-23,25-28,44H,4-12,17,24H2,1-3H3. The molecule has 0 spiro atoms. The largest absolute Gasteiger partial charge is 0.507 e. The second-order valence-electron chi connectivity index (χ2n) is 13.1. The van der Waals surface area contributed by atoms with Crippen molar-refractivity contribution < 1.29 is 9.84 Å². The summed E-state index contributed by atoms with van der Waals surface area (Å²) in [5.74, 6) is 1.17. The number of aromatic hydroxyl groups is 1. The van der Waals surface area contributed by atoms with Crippen molar-refractivity contribution in [1.82, 2.24) is 9.97 Å². The third kappa shape index (κ3) is 6.76. The Bertz CT molecular complexity index is 1770. The van der Waals surface area contributed by atoms with Gasteiger partial charge in [0.2, 0.25) is 5.88 Å². The minimum absolute atomic E-state index is 0.0940. The lowest BCUT2D eigenvalue weighted by Crippen LogP contribution is -2.14. The summed E-state index contributed by atoms with van der Waals surface area (Å²) in [6.45, 7) is 7.51. The molecule has 1 N–H and O–H groups in total. The first-order chi connectivity index (χ1) is 22.0. The van der Waals surface area contributed by atoms with Gasteiger partial charge in [0.05, 0.1) is 17.9 Å². The molecule has 0 bridgehead atoms. The van der Waals surface area contributed by atoms with Crippen molar-refractivity contribution in [2.45, 2.75) is 90.4 Å². The molecule has 1 aliphatic rings. The first-order valence-corrected chi connectivity index (χ1v) is 16.9. The molecule has 0 unspecified atom stereocenters. The first-order valence-electron chi connectivity index (χ1n) is 16.9. The Morgan fingerprint density at radius 2 is 1.27 bits per heavy atom. The average molecular weight is 599 g/mol. The zero-order chi connectivity index (χ0) is 31.2. The van der Waals surface area contributed by atoms with Gasteiger partial charge in [-0.1, -0.05) is 127 Å². The predicted octanol–water partition coefficient (Wildman–Crippen LogP) is 11.3. The molecular weight excluding hydrogens is 552 g/mol. The molecule has 0 fully saturated rings. The highest BCUT2D eigenvalue weighted by Gasteiger charge is 2.36. The molecule has 1 aromatic heterocycles. The minimum atomic E-state index is -0.0940. The molecule has 232 valence electrons. The van der Waals surface area contributed by atoms with Crippen LogP contribution in [0.3, 0.4) is 0 Å². The van der Waals surface area contributed by atoms with Gasteiger partial charge in [-0.25, -0.2) is 4.98 Å². The quantitative estimate of drug-likeness (QED) is 0.129. The van der Waals surface area contributed by atoms with E-state index in [0.717, 1.165) is 24.1 Å². The molecule has 45 heavy (non-hydrogen) atoms. The van der Waals surface area contributed by atoms with Crippen LogP contribution in [0.2, 0.25) is 0 Å². The average Bonchev–Trinajstić information content (AvgIpc) is 3.27. The Morgan fingerprint density at radius 1 is 0.622 bits per heavy atom. The Balaban J connectivity index is 1.23. The number of para-hydroxylation sites is 1. The highest BCUT2D eigenvalue weighted by molar-refractivity contribution is 5.94. The van der Waals surface area contributed by atoms with Crippen molar-refractivity contribution in [3.63, 3.8) is 0 Å². The van der Waals surface area contributed by atoms with Crippen molar-refractivity contribution in [1.29, 1.82) is 0 Å². The summed E-state index contributed by atoms with van der Waals surface area (Å²) >= 11 is 0. The van der Waals surface area contributed by atoms with Crippen molar-refractivity contribution in [3.8, 4) is 45.4 Å². The van der Waals surface area contributed by atoms with Gasteiger partial charge >= 0.3 is 0 Å². The van der Waals surface area contributed by atoms with E-state index >= 15 is 0 Å². The summed E-state index contributed by atoms with van der Waals surface area (Å²) in [4.78, 5) is 9.70. The van der Waals surface area contributed by atoms with Crippen LogP contribution in [0.25, 0.3) is 44.5 Å². The van der Waals surface area contributed by atoms with Gasteiger partial charge in [-0.2, -0.15) is 4.98 Å². The van der Waals surface area contributed by atoms with E-state index in [1.165, 1.54) is 84.4 Å². The topological polar surface area (TPSA) is 55.2 Å². The summed E-state index contributed by atoms with van der Waals surface area (Å²) in [6.07, 6.45) is 12.8. The van der Waals surface area contributed by atoms with Gasteiger partial charge in [0.15, 0.2) is 5.82 Å². The Kier molecular flexibility index (Phi) is 9.49. The molecule has 6 rings (SSSR count). The smallest absolute Gasteiger partial charge is 0.217 e. The number of unbranched alkanes of at least 4 members (excludes halogenated alkanes) is 9. The second kappa shape index (κ2) is 13.9. The monoisotopic (exact) mass is 598 g/mol. The van der Waals surface area contributed by atoms with Crippen LogP contribution >= 0.6 is 0 Å². The molecule has 5 aromatic rings. The van der Waals surface area contributed by atoms with Gasteiger partial charge in [0.25, 0.3) is 0 Å². The maximum Gasteiger partial charge on any atom is 0.217 e. The number of hydrogen-bond acceptors (Lipinski definition) is 4. The molecular formula is C41H46N2O2. The Labute approximate surface area is 268 Å². The van der Waals surface area contributed by atoms with E-state index in [4.69, 9.17) is 14.7 Å². The van der Waals surface area contributed by atoms with E-state index in [9.17, 15) is 5.11 Å². The summed E-state index contributed by atoms with van der Waals surface area (Å²) < 4.78 is 6.24. The number of phenols is 1. The van der Waals surface area contributed by atoms with Crippen LogP contribution in [0.15, 0.2) is 84.9 Å². The fourth-order valence-electron chi connectivity index (χ4n) is 6.79. The van der Waals surface area contributed by atoms with Crippen LogP contribution in [0.1, 0.15) is 96.1 Å². The van der Waals surface area contributed by atoms with Crippen LogP contribution in [0.5, 0.6) is 11.6 Å². The van der Waals surface area contributed by atoms with Crippen molar-refractivity contribution >= 4 is 10.8 Å². The molecule has 4 aromatic carbocycles.